The van der Waals surface area contributed by atoms with E-state index in [0.29, 0.717) is 6.42 Å². The van der Waals surface area contributed by atoms with Gasteiger partial charge in [-0.1, -0.05) is 36.1 Å². The molecule has 0 amide bonds. The van der Waals surface area contributed by atoms with Crippen LogP contribution < -0.4 is 11.5 Å². The lowest BCUT2D eigenvalue weighted by Gasteiger charge is -1.99. The first-order valence-corrected chi connectivity index (χ1v) is 5.43. The van der Waals surface area contributed by atoms with E-state index in [-0.39, 0.29) is 0 Å². The third kappa shape index (κ3) is 3.02. The lowest BCUT2D eigenvalue weighted by atomic mass is 10.1. The molecule has 0 heterocycles. The highest BCUT2D eigenvalue weighted by molar-refractivity contribution is 5.50. The van der Waals surface area contributed by atoms with Crippen LogP contribution in [0.25, 0.3) is 0 Å². The van der Waals surface area contributed by atoms with Crippen LogP contribution in [0, 0.1) is 11.8 Å². The summed E-state index contributed by atoms with van der Waals surface area (Å²) in [5.74, 6) is 6.18. The van der Waals surface area contributed by atoms with Gasteiger partial charge < -0.3 is 11.5 Å². The van der Waals surface area contributed by atoms with E-state index in [1.165, 1.54) is 0 Å². The van der Waals surface area contributed by atoms with Gasteiger partial charge in [-0.05, 0) is 29.8 Å². The average Bonchev–Trinajstić information content (AvgIpc) is 2.32. The smallest absolute Gasteiger partial charge is 0.0364 e. The quantitative estimate of drug-likeness (QED) is 0.575. The van der Waals surface area contributed by atoms with Crippen LogP contribution in [-0.4, -0.2) is 0 Å². The van der Waals surface area contributed by atoms with Gasteiger partial charge in [0.1, 0.15) is 0 Å². The number of nitrogens with two attached hydrogens (primary N) is 2. The van der Waals surface area contributed by atoms with Crippen molar-refractivity contribution in [2.24, 2.45) is 0 Å². The van der Waals surface area contributed by atoms with Crippen molar-refractivity contribution in [1.29, 1.82) is 0 Å². The maximum atomic E-state index is 5.84. The van der Waals surface area contributed by atoms with Crippen molar-refractivity contribution in [2.45, 2.75) is 6.42 Å². The van der Waals surface area contributed by atoms with Crippen LogP contribution in [-0.2, 0) is 6.42 Å². The molecule has 2 aromatic rings. The minimum absolute atomic E-state index is 0.654. The number of hydrogen-bond donors (Lipinski definition) is 2. The van der Waals surface area contributed by atoms with Gasteiger partial charge in [0.05, 0.1) is 0 Å². The SMILES string of the molecule is Nc1cccc(C#CCc2ccccc2N)c1. The van der Waals surface area contributed by atoms with E-state index in [9.17, 15) is 0 Å². The van der Waals surface area contributed by atoms with Crippen LogP contribution in [0.4, 0.5) is 11.4 Å². The number of hydrogen-bond acceptors (Lipinski definition) is 2. The predicted octanol–water partition coefficient (Wildman–Crippen LogP) is 2.45. The molecule has 0 spiro atoms. The Morgan fingerprint density at radius 2 is 1.76 bits per heavy atom. The molecule has 0 fully saturated rings. The lowest BCUT2D eigenvalue weighted by Crippen LogP contribution is -1.92. The topological polar surface area (TPSA) is 52.0 Å². The van der Waals surface area contributed by atoms with Gasteiger partial charge in [-0.15, -0.1) is 0 Å². The first-order valence-electron chi connectivity index (χ1n) is 5.43. The van der Waals surface area contributed by atoms with Crippen LogP contribution in [0.3, 0.4) is 0 Å². The summed E-state index contributed by atoms with van der Waals surface area (Å²) in [6, 6.07) is 15.3. The molecule has 0 saturated carbocycles. The van der Waals surface area contributed by atoms with Gasteiger partial charge in [0.25, 0.3) is 0 Å². The standard InChI is InChI=1S/C15H14N2/c16-14-9-4-6-12(11-14)5-3-8-13-7-1-2-10-15(13)17/h1-2,4,6-7,9-11H,8,16-17H2. The Bertz CT molecular complexity index is 577. The monoisotopic (exact) mass is 222 g/mol. The fraction of sp³-hybridized carbons (Fsp3) is 0.0667. The second-order valence-corrected chi connectivity index (χ2v) is 3.80. The zero-order valence-electron chi connectivity index (χ0n) is 9.48. The number of benzene rings is 2. The fourth-order valence-corrected chi connectivity index (χ4v) is 1.55. The number of nitrogen functional groups attached to an aromatic ring is 2. The van der Waals surface area contributed by atoms with Gasteiger partial charge in [0, 0.05) is 23.4 Å². The summed E-state index contributed by atoms with van der Waals surface area (Å²) >= 11 is 0. The van der Waals surface area contributed by atoms with Gasteiger partial charge in [0.2, 0.25) is 0 Å². The summed E-state index contributed by atoms with van der Waals surface area (Å²) in [4.78, 5) is 0. The minimum Gasteiger partial charge on any atom is -0.399 e. The van der Waals surface area contributed by atoms with Crippen molar-refractivity contribution in [3.63, 3.8) is 0 Å². The fourth-order valence-electron chi connectivity index (χ4n) is 1.55. The van der Waals surface area contributed by atoms with Crippen molar-refractivity contribution >= 4 is 11.4 Å². The third-order valence-electron chi connectivity index (χ3n) is 2.45. The molecule has 0 bridgehead atoms. The van der Waals surface area contributed by atoms with Gasteiger partial charge in [-0.25, -0.2) is 0 Å². The largest absolute Gasteiger partial charge is 0.399 e. The molecule has 0 aromatic heterocycles. The van der Waals surface area contributed by atoms with E-state index in [4.69, 9.17) is 11.5 Å². The Kier molecular flexibility index (Phi) is 3.32. The van der Waals surface area contributed by atoms with E-state index in [1.54, 1.807) is 0 Å². The Balaban J connectivity index is 2.11. The zero-order valence-corrected chi connectivity index (χ0v) is 9.48. The second-order valence-electron chi connectivity index (χ2n) is 3.80. The Morgan fingerprint density at radius 1 is 0.941 bits per heavy atom. The summed E-state index contributed by atoms with van der Waals surface area (Å²) in [7, 11) is 0. The van der Waals surface area contributed by atoms with Crippen molar-refractivity contribution in [2.75, 3.05) is 11.5 Å². The number of rotatable bonds is 1. The van der Waals surface area contributed by atoms with Crippen LogP contribution in [0.1, 0.15) is 11.1 Å². The van der Waals surface area contributed by atoms with Crippen molar-refractivity contribution in [1.82, 2.24) is 0 Å². The van der Waals surface area contributed by atoms with Crippen LogP contribution in [0.2, 0.25) is 0 Å². The normalized spacial score (nSPS) is 9.41. The van der Waals surface area contributed by atoms with Crippen molar-refractivity contribution in [3.8, 4) is 11.8 Å². The highest BCUT2D eigenvalue weighted by atomic mass is 14.6. The van der Waals surface area contributed by atoms with Crippen LogP contribution in [0.15, 0.2) is 48.5 Å². The number of para-hydroxylation sites is 1. The second kappa shape index (κ2) is 5.09. The Morgan fingerprint density at radius 3 is 2.53 bits per heavy atom. The molecule has 2 rings (SSSR count). The molecule has 0 aliphatic heterocycles. The highest BCUT2D eigenvalue weighted by Gasteiger charge is 1.93. The van der Waals surface area contributed by atoms with Gasteiger partial charge in [0.15, 0.2) is 0 Å². The molecule has 4 N–H and O–H groups in total. The molecule has 17 heavy (non-hydrogen) atoms. The van der Waals surface area contributed by atoms with E-state index in [0.717, 1.165) is 22.5 Å². The molecule has 0 atom stereocenters. The average molecular weight is 222 g/mol. The molecule has 0 radical (unpaired) electrons. The molecule has 84 valence electrons. The van der Waals surface area contributed by atoms with Gasteiger partial charge >= 0.3 is 0 Å². The molecular weight excluding hydrogens is 208 g/mol. The van der Waals surface area contributed by atoms with Crippen LogP contribution in [0.5, 0.6) is 0 Å². The minimum atomic E-state index is 0.654. The Labute approximate surface area is 101 Å². The maximum absolute atomic E-state index is 5.84. The summed E-state index contributed by atoms with van der Waals surface area (Å²) in [6.45, 7) is 0. The van der Waals surface area contributed by atoms with E-state index < -0.39 is 0 Å². The molecule has 2 aromatic carbocycles. The summed E-state index contributed by atoms with van der Waals surface area (Å²) in [6.07, 6.45) is 0.654. The molecule has 0 unspecified atom stereocenters. The first kappa shape index (κ1) is 11.1. The van der Waals surface area contributed by atoms with E-state index in [1.807, 2.05) is 48.5 Å². The summed E-state index contributed by atoms with van der Waals surface area (Å²) in [5.41, 5.74) is 15.0. The zero-order chi connectivity index (χ0) is 12.1. The third-order valence-corrected chi connectivity index (χ3v) is 2.45. The molecule has 0 aliphatic rings. The summed E-state index contributed by atoms with van der Waals surface area (Å²) < 4.78 is 0. The Hall–Kier alpha value is -2.40. The van der Waals surface area contributed by atoms with Crippen molar-refractivity contribution in [3.05, 3.63) is 59.7 Å². The predicted molar refractivity (Wildman–Crippen MR) is 72.3 cm³/mol. The van der Waals surface area contributed by atoms with Gasteiger partial charge in [-0.2, -0.15) is 0 Å². The molecule has 0 aliphatic carbocycles. The molecular formula is C15H14N2. The lowest BCUT2D eigenvalue weighted by molar-refractivity contribution is 1.32. The van der Waals surface area contributed by atoms with Gasteiger partial charge in [-0.3, -0.25) is 0 Å². The molecule has 0 saturated heterocycles. The van der Waals surface area contributed by atoms with E-state index in [2.05, 4.69) is 11.8 Å². The summed E-state index contributed by atoms with van der Waals surface area (Å²) in [5, 5.41) is 0. The van der Waals surface area contributed by atoms with Crippen LogP contribution >= 0.6 is 0 Å². The van der Waals surface area contributed by atoms with E-state index >= 15 is 0 Å². The number of anilines is 2. The first-order chi connectivity index (χ1) is 8.25. The highest BCUT2D eigenvalue weighted by Crippen LogP contribution is 2.10. The van der Waals surface area contributed by atoms with Crippen molar-refractivity contribution < 1.29 is 0 Å². The molecule has 2 heteroatoms. The molecule has 2 nitrogen and oxygen atoms in total. The maximum Gasteiger partial charge on any atom is 0.0364 e.